The van der Waals surface area contributed by atoms with E-state index in [0.717, 1.165) is 44.4 Å². The molecule has 2 aliphatic rings. The molecule has 0 bridgehead atoms. The fourth-order valence-corrected chi connectivity index (χ4v) is 3.81. The smallest absolute Gasteiger partial charge is 0.308 e. The maximum absolute atomic E-state index is 11.6. The van der Waals surface area contributed by atoms with E-state index < -0.39 is 0 Å². The maximum Gasteiger partial charge on any atom is 0.308 e. The van der Waals surface area contributed by atoms with Gasteiger partial charge in [-0.2, -0.15) is 0 Å². The maximum atomic E-state index is 11.6. The third-order valence-electron chi connectivity index (χ3n) is 5.31. The molecule has 1 aliphatic carbocycles. The first-order chi connectivity index (χ1) is 11.2. The van der Waals surface area contributed by atoms with Gasteiger partial charge < -0.3 is 15.0 Å². The van der Waals surface area contributed by atoms with Crippen molar-refractivity contribution in [1.29, 1.82) is 0 Å². The summed E-state index contributed by atoms with van der Waals surface area (Å²) in [4.78, 5) is 18.3. The molecule has 2 fully saturated rings. The van der Waals surface area contributed by atoms with Crippen LogP contribution in [0.5, 0.6) is 0 Å². The van der Waals surface area contributed by atoms with Gasteiger partial charge in [-0.25, -0.2) is 0 Å². The van der Waals surface area contributed by atoms with Gasteiger partial charge >= 0.3 is 5.97 Å². The fourth-order valence-electron chi connectivity index (χ4n) is 3.81. The van der Waals surface area contributed by atoms with Crippen LogP contribution in [-0.2, 0) is 9.53 Å². The molecule has 0 amide bonds. The number of esters is 1. The molecule has 0 aromatic heterocycles. The summed E-state index contributed by atoms with van der Waals surface area (Å²) in [7, 11) is 3.33. The number of carbonyl (C=O) groups excluding carboxylic acids is 1. The van der Waals surface area contributed by atoms with Crippen molar-refractivity contribution in [2.75, 3.05) is 33.8 Å². The van der Waals surface area contributed by atoms with Gasteiger partial charge in [0.2, 0.25) is 0 Å². The molecule has 0 aromatic carbocycles. The number of halogens is 1. The molecule has 1 aliphatic heterocycles. The van der Waals surface area contributed by atoms with Crippen molar-refractivity contribution in [3.05, 3.63) is 0 Å². The Balaban J connectivity index is 0.00000288. The Bertz CT molecular complexity index is 388. The molecule has 0 radical (unpaired) electrons. The Morgan fingerprint density at radius 1 is 1.08 bits per heavy atom. The van der Waals surface area contributed by atoms with Crippen LogP contribution >= 0.6 is 24.0 Å². The van der Waals surface area contributed by atoms with E-state index in [9.17, 15) is 4.79 Å². The van der Waals surface area contributed by atoms with E-state index in [1.165, 1.54) is 52.1 Å². The van der Waals surface area contributed by atoms with Gasteiger partial charge in [0.15, 0.2) is 5.96 Å². The molecular formula is C18H34IN3O2. The fraction of sp³-hybridized carbons (Fsp3) is 0.889. The van der Waals surface area contributed by atoms with Crippen LogP contribution in [0, 0.1) is 11.8 Å². The molecule has 1 saturated heterocycles. The molecule has 0 spiro atoms. The zero-order valence-electron chi connectivity index (χ0n) is 15.3. The molecule has 5 nitrogen and oxygen atoms in total. The summed E-state index contributed by atoms with van der Waals surface area (Å²) >= 11 is 0. The standard InChI is InChI=1S/C18H33N3O2.HI/c1-19-18(20-14-15-8-6-4-3-5-7-9-15)21-12-10-16(11-13-21)17(22)23-2;/h15-16H,3-14H2,1-2H3,(H,19,20);1H. The molecular weight excluding hydrogens is 417 g/mol. The number of hydrogen-bond donors (Lipinski definition) is 1. The SMILES string of the molecule is CN=C(NCC1CCCCCCC1)N1CCC(C(=O)OC)CC1.I. The minimum Gasteiger partial charge on any atom is -0.469 e. The van der Waals surface area contributed by atoms with Crippen LogP contribution < -0.4 is 5.32 Å². The van der Waals surface area contributed by atoms with Gasteiger partial charge in [0.1, 0.15) is 0 Å². The second-order valence-electron chi connectivity index (χ2n) is 6.92. The Morgan fingerprint density at radius 3 is 2.21 bits per heavy atom. The largest absolute Gasteiger partial charge is 0.469 e. The number of nitrogens with zero attached hydrogens (tertiary/aromatic N) is 2. The number of piperidine rings is 1. The Labute approximate surface area is 164 Å². The molecule has 6 heteroatoms. The molecule has 2 rings (SSSR count). The van der Waals surface area contributed by atoms with E-state index in [0.29, 0.717) is 0 Å². The van der Waals surface area contributed by atoms with Crippen molar-refractivity contribution >= 4 is 35.9 Å². The molecule has 0 unspecified atom stereocenters. The van der Waals surface area contributed by atoms with Crippen molar-refractivity contribution in [1.82, 2.24) is 10.2 Å². The average Bonchev–Trinajstić information content (AvgIpc) is 2.56. The highest BCUT2D eigenvalue weighted by molar-refractivity contribution is 14.0. The van der Waals surface area contributed by atoms with Gasteiger partial charge in [0.25, 0.3) is 0 Å². The highest BCUT2D eigenvalue weighted by atomic mass is 127. The number of ether oxygens (including phenoxy) is 1. The predicted octanol–water partition coefficient (Wildman–Crippen LogP) is 3.43. The highest BCUT2D eigenvalue weighted by Gasteiger charge is 2.27. The van der Waals surface area contributed by atoms with Crippen LogP contribution in [0.3, 0.4) is 0 Å². The highest BCUT2D eigenvalue weighted by Crippen LogP contribution is 2.22. The summed E-state index contributed by atoms with van der Waals surface area (Å²) in [6.07, 6.45) is 11.3. The van der Waals surface area contributed by atoms with Gasteiger partial charge in [0, 0.05) is 26.7 Å². The van der Waals surface area contributed by atoms with Gasteiger partial charge in [-0.15, -0.1) is 24.0 Å². The summed E-state index contributed by atoms with van der Waals surface area (Å²) in [6, 6.07) is 0. The summed E-state index contributed by atoms with van der Waals surface area (Å²) in [5.41, 5.74) is 0. The van der Waals surface area contributed by atoms with Crippen molar-refractivity contribution in [2.24, 2.45) is 16.8 Å². The minimum atomic E-state index is -0.0675. The average molecular weight is 451 g/mol. The molecule has 140 valence electrons. The molecule has 0 atom stereocenters. The van der Waals surface area contributed by atoms with Crippen LogP contribution in [0.4, 0.5) is 0 Å². The van der Waals surface area contributed by atoms with Gasteiger partial charge in [-0.3, -0.25) is 9.79 Å². The third-order valence-corrected chi connectivity index (χ3v) is 5.31. The van der Waals surface area contributed by atoms with E-state index in [1.54, 1.807) is 0 Å². The van der Waals surface area contributed by atoms with Crippen molar-refractivity contribution < 1.29 is 9.53 Å². The van der Waals surface area contributed by atoms with E-state index in [2.05, 4.69) is 15.2 Å². The number of nitrogens with one attached hydrogen (secondary N) is 1. The number of hydrogen-bond acceptors (Lipinski definition) is 3. The first-order valence-corrected chi connectivity index (χ1v) is 9.28. The topological polar surface area (TPSA) is 53.9 Å². The zero-order valence-corrected chi connectivity index (χ0v) is 17.6. The van der Waals surface area contributed by atoms with E-state index in [4.69, 9.17) is 4.74 Å². The molecule has 1 N–H and O–H groups in total. The van der Waals surface area contributed by atoms with Crippen molar-refractivity contribution in [2.45, 2.75) is 57.8 Å². The van der Waals surface area contributed by atoms with Crippen LogP contribution in [0.25, 0.3) is 0 Å². The number of guanidine groups is 1. The monoisotopic (exact) mass is 451 g/mol. The summed E-state index contributed by atoms with van der Waals surface area (Å²) in [6.45, 7) is 2.79. The van der Waals surface area contributed by atoms with E-state index in [-0.39, 0.29) is 35.9 Å². The zero-order chi connectivity index (χ0) is 16.5. The molecule has 1 saturated carbocycles. The molecule has 0 aromatic rings. The third kappa shape index (κ3) is 6.76. The van der Waals surface area contributed by atoms with Crippen LogP contribution in [0.15, 0.2) is 4.99 Å². The Morgan fingerprint density at radius 2 is 1.67 bits per heavy atom. The molecule has 24 heavy (non-hydrogen) atoms. The normalized spacial score (nSPS) is 21.4. The number of carbonyl (C=O) groups is 1. The second-order valence-corrected chi connectivity index (χ2v) is 6.92. The van der Waals surface area contributed by atoms with Crippen LogP contribution in [-0.4, -0.2) is 50.6 Å². The second kappa shape index (κ2) is 11.9. The Kier molecular flexibility index (Phi) is 10.7. The van der Waals surface area contributed by atoms with Gasteiger partial charge in [-0.05, 0) is 31.6 Å². The number of aliphatic imine (C=N–C) groups is 1. The van der Waals surface area contributed by atoms with Gasteiger partial charge in [0.05, 0.1) is 13.0 Å². The quantitative estimate of drug-likeness (QED) is 0.309. The predicted molar refractivity (Wildman–Crippen MR) is 109 cm³/mol. The summed E-state index contributed by atoms with van der Waals surface area (Å²) < 4.78 is 4.86. The molecule has 1 heterocycles. The number of methoxy groups -OCH3 is 1. The minimum absolute atomic E-state index is 0. The number of rotatable bonds is 3. The van der Waals surface area contributed by atoms with Crippen LogP contribution in [0.2, 0.25) is 0 Å². The van der Waals surface area contributed by atoms with Gasteiger partial charge in [-0.1, -0.05) is 32.1 Å². The lowest BCUT2D eigenvalue weighted by Gasteiger charge is -2.34. The van der Waals surface area contributed by atoms with Crippen molar-refractivity contribution in [3.63, 3.8) is 0 Å². The lowest BCUT2D eigenvalue weighted by Crippen LogP contribution is -2.47. The lowest BCUT2D eigenvalue weighted by molar-refractivity contribution is -0.146. The Hall–Kier alpha value is -0.530. The van der Waals surface area contributed by atoms with Crippen molar-refractivity contribution in [3.8, 4) is 0 Å². The summed E-state index contributed by atoms with van der Waals surface area (Å²) in [5, 5.41) is 3.57. The number of likely N-dealkylation sites (tertiary alicyclic amines) is 1. The summed E-state index contributed by atoms with van der Waals surface area (Å²) in [5.74, 6) is 1.76. The van der Waals surface area contributed by atoms with Crippen LogP contribution in [0.1, 0.15) is 57.8 Å². The lowest BCUT2D eigenvalue weighted by atomic mass is 9.91. The first-order valence-electron chi connectivity index (χ1n) is 9.28. The first kappa shape index (κ1) is 21.5. The van der Waals surface area contributed by atoms with E-state index >= 15 is 0 Å². The van der Waals surface area contributed by atoms with E-state index in [1.807, 2.05) is 7.05 Å².